The Hall–Kier alpha value is -2.60. The summed E-state index contributed by atoms with van der Waals surface area (Å²) in [5.74, 6) is 2.10. The van der Waals surface area contributed by atoms with Crippen LogP contribution in [-0.4, -0.2) is 24.5 Å². The number of rotatable bonds is 8. The number of oxazole rings is 1. The van der Waals surface area contributed by atoms with Crippen molar-refractivity contribution in [2.45, 2.75) is 26.2 Å². The normalized spacial score (nSPS) is 10.7. The second-order valence-corrected chi connectivity index (χ2v) is 6.93. The van der Waals surface area contributed by atoms with Gasteiger partial charge < -0.3 is 14.5 Å². The highest BCUT2D eigenvalue weighted by atomic mass is 32.1. The van der Waals surface area contributed by atoms with E-state index in [0.29, 0.717) is 23.9 Å². The highest BCUT2D eigenvalue weighted by molar-refractivity contribution is 7.13. The van der Waals surface area contributed by atoms with Crippen LogP contribution in [0.1, 0.15) is 23.4 Å². The van der Waals surface area contributed by atoms with Gasteiger partial charge in [-0.3, -0.25) is 4.79 Å². The van der Waals surface area contributed by atoms with Crippen LogP contribution in [-0.2, 0) is 17.6 Å². The number of thiophene rings is 1. The van der Waals surface area contributed by atoms with Crippen LogP contribution in [0.15, 0.2) is 46.2 Å². The molecular formula is C20H22N2O3S. The number of nitrogens with one attached hydrogen (secondary N) is 1. The van der Waals surface area contributed by atoms with Gasteiger partial charge in [-0.25, -0.2) is 4.98 Å². The van der Waals surface area contributed by atoms with Gasteiger partial charge in [0.05, 0.1) is 24.1 Å². The summed E-state index contributed by atoms with van der Waals surface area (Å²) in [6.07, 6.45) is 2.04. The fourth-order valence-corrected chi connectivity index (χ4v) is 3.27. The molecule has 6 heteroatoms. The lowest BCUT2D eigenvalue weighted by atomic mass is 10.1. The molecule has 0 saturated heterocycles. The first-order valence-electron chi connectivity index (χ1n) is 8.55. The smallest absolute Gasteiger partial charge is 0.236 e. The van der Waals surface area contributed by atoms with Gasteiger partial charge >= 0.3 is 0 Å². The molecule has 0 bridgehead atoms. The number of aromatic nitrogens is 1. The Kier molecular flexibility index (Phi) is 6.07. The largest absolute Gasteiger partial charge is 0.497 e. The van der Waals surface area contributed by atoms with Crippen molar-refractivity contribution in [1.29, 1.82) is 0 Å². The number of carbonyl (C=O) groups excluding carboxylic acids is 1. The summed E-state index contributed by atoms with van der Waals surface area (Å²) in [6.45, 7) is 2.48. The van der Waals surface area contributed by atoms with Gasteiger partial charge in [-0.2, -0.15) is 0 Å². The van der Waals surface area contributed by atoms with E-state index in [1.807, 2.05) is 48.7 Å². The second-order valence-electron chi connectivity index (χ2n) is 5.98. The van der Waals surface area contributed by atoms with E-state index >= 15 is 0 Å². The minimum absolute atomic E-state index is 0.0335. The molecule has 3 rings (SSSR count). The van der Waals surface area contributed by atoms with Crippen LogP contribution in [0.25, 0.3) is 10.8 Å². The molecule has 0 spiro atoms. The first-order chi connectivity index (χ1) is 12.7. The first kappa shape index (κ1) is 18.2. The second kappa shape index (κ2) is 8.67. The number of amides is 1. The molecule has 1 N–H and O–H groups in total. The van der Waals surface area contributed by atoms with Gasteiger partial charge in [0.25, 0.3) is 0 Å². The summed E-state index contributed by atoms with van der Waals surface area (Å²) in [7, 11) is 1.66. The Morgan fingerprint density at radius 3 is 2.77 bits per heavy atom. The van der Waals surface area contributed by atoms with E-state index < -0.39 is 0 Å². The number of ether oxygens (including phenoxy) is 1. The third-order valence-corrected chi connectivity index (χ3v) is 4.93. The molecule has 0 fully saturated rings. The van der Waals surface area contributed by atoms with Crippen LogP contribution < -0.4 is 10.1 Å². The highest BCUT2D eigenvalue weighted by Gasteiger charge is 2.15. The Balaban J connectivity index is 1.44. The molecule has 0 atom stereocenters. The van der Waals surface area contributed by atoms with Gasteiger partial charge in [0.1, 0.15) is 11.5 Å². The number of aryl methyl sites for hydroxylation is 2. The fraction of sp³-hybridized carbons (Fsp3) is 0.300. The van der Waals surface area contributed by atoms with Crippen molar-refractivity contribution in [3.05, 3.63) is 58.8 Å². The van der Waals surface area contributed by atoms with E-state index in [1.165, 1.54) is 5.56 Å². The average molecular weight is 370 g/mol. The molecule has 0 aliphatic heterocycles. The zero-order chi connectivity index (χ0) is 18.4. The maximum absolute atomic E-state index is 12.1. The predicted octanol–water partition coefficient (Wildman–Crippen LogP) is 4.01. The molecule has 1 aromatic carbocycles. The Bertz CT molecular complexity index is 839. The Labute approximate surface area is 157 Å². The number of hydrogen-bond acceptors (Lipinski definition) is 5. The summed E-state index contributed by atoms with van der Waals surface area (Å²) in [4.78, 5) is 17.6. The van der Waals surface area contributed by atoms with E-state index in [1.54, 1.807) is 18.4 Å². The van der Waals surface area contributed by atoms with E-state index in [-0.39, 0.29) is 12.3 Å². The number of carbonyl (C=O) groups is 1. The average Bonchev–Trinajstić information content (AvgIpc) is 3.30. The fourth-order valence-electron chi connectivity index (χ4n) is 2.62. The standard InChI is InChI=1S/C20H22N2O3S/c1-14-17(22-20(25-14)18-6-4-12-26-18)13-19(23)21-11-3-5-15-7-9-16(24-2)10-8-15/h4,6-10,12H,3,5,11,13H2,1-2H3,(H,21,23). The molecular weight excluding hydrogens is 348 g/mol. The zero-order valence-corrected chi connectivity index (χ0v) is 15.8. The molecule has 0 radical (unpaired) electrons. The minimum Gasteiger partial charge on any atom is -0.497 e. The first-order valence-corrected chi connectivity index (χ1v) is 9.43. The van der Waals surface area contributed by atoms with Crippen molar-refractivity contribution < 1.29 is 13.9 Å². The van der Waals surface area contributed by atoms with Gasteiger partial charge in [0.2, 0.25) is 11.8 Å². The molecule has 136 valence electrons. The number of benzene rings is 1. The summed E-state index contributed by atoms with van der Waals surface area (Å²) in [5.41, 5.74) is 1.93. The van der Waals surface area contributed by atoms with Crippen molar-refractivity contribution in [2.75, 3.05) is 13.7 Å². The van der Waals surface area contributed by atoms with Gasteiger partial charge in [0.15, 0.2) is 0 Å². The molecule has 2 heterocycles. The monoisotopic (exact) mass is 370 g/mol. The van der Waals surface area contributed by atoms with Crippen molar-refractivity contribution in [3.63, 3.8) is 0 Å². The van der Waals surface area contributed by atoms with Gasteiger partial charge in [-0.05, 0) is 48.9 Å². The van der Waals surface area contributed by atoms with Crippen LogP contribution in [0.2, 0.25) is 0 Å². The molecule has 0 aliphatic rings. The zero-order valence-electron chi connectivity index (χ0n) is 15.0. The molecule has 5 nitrogen and oxygen atoms in total. The van der Waals surface area contributed by atoms with Crippen LogP contribution in [0, 0.1) is 6.92 Å². The lowest BCUT2D eigenvalue weighted by molar-refractivity contribution is -0.120. The minimum atomic E-state index is -0.0335. The van der Waals surface area contributed by atoms with Crippen molar-refractivity contribution in [1.82, 2.24) is 10.3 Å². The van der Waals surface area contributed by atoms with Crippen molar-refractivity contribution >= 4 is 17.2 Å². The number of hydrogen-bond donors (Lipinski definition) is 1. The van der Waals surface area contributed by atoms with E-state index in [4.69, 9.17) is 9.15 Å². The van der Waals surface area contributed by atoms with Gasteiger partial charge in [-0.15, -0.1) is 11.3 Å². The van der Waals surface area contributed by atoms with Crippen LogP contribution in [0.3, 0.4) is 0 Å². The Morgan fingerprint density at radius 1 is 1.27 bits per heavy atom. The summed E-state index contributed by atoms with van der Waals surface area (Å²) < 4.78 is 10.8. The van der Waals surface area contributed by atoms with Crippen LogP contribution >= 0.6 is 11.3 Å². The summed E-state index contributed by atoms with van der Waals surface area (Å²) in [6, 6.07) is 11.9. The number of methoxy groups -OCH3 is 1. The molecule has 0 unspecified atom stereocenters. The van der Waals surface area contributed by atoms with Crippen molar-refractivity contribution in [3.8, 4) is 16.5 Å². The molecule has 2 aromatic heterocycles. The van der Waals surface area contributed by atoms with Gasteiger partial charge in [-0.1, -0.05) is 18.2 Å². The topological polar surface area (TPSA) is 64.4 Å². The summed E-state index contributed by atoms with van der Waals surface area (Å²) in [5, 5.41) is 4.93. The highest BCUT2D eigenvalue weighted by Crippen LogP contribution is 2.26. The van der Waals surface area contributed by atoms with Gasteiger partial charge in [0, 0.05) is 6.54 Å². The molecule has 26 heavy (non-hydrogen) atoms. The molecule has 3 aromatic rings. The third-order valence-electron chi connectivity index (χ3n) is 4.08. The van der Waals surface area contributed by atoms with Crippen LogP contribution in [0.4, 0.5) is 0 Å². The molecule has 1 amide bonds. The molecule has 0 saturated carbocycles. The van der Waals surface area contributed by atoms with E-state index in [9.17, 15) is 4.79 Å². The number of nitrogens with zero attached hydrogens (tertiary/aromatic N) is 1. The Morgan fingerprint density at radius 2 is 2.08 bits per heavy atom. The van der Waals surface area contributed by atoms with E-state index in [0.717, 1.165) is 23.5 Å². The van der Waals surface area contributed by atoms with E-state index in [2.05, 4.69) is 10.3 Å². The summed E-state index contributed by atoms with van der Waals surface area (Å²) >= 11 is 1.57. The van der Waals surface area contributed by atoms with Crippen molar-refractivity contribution in [2.24, 2.45) is 0 Å². The maximum Gasteiger partial charge on any atom is 0.236 e. The van der Waals surface area contributed by atoms with Crippen LogP contribution in [0.5, 0.6) is 5.75 Å². The lowest BCUT2D eigenvalue weighted by Crippen LogP contribution is -2.26. The molecule has 0 aliphatic carbocycles. The maximum atomic E-state index is 12.1. The quantitative estimate of drug-likeness (QED) is 0.609. The lowest BCUT2D eigenvalue weighted by Gasteiger charge is -2.05. The third kappa shape index (κ3) is 4.73. The SMILES string of the molecule is COc1ccc(CCCNC(=O)Cc2nc(-c3cccs3)oc2C)cc1. The predicted molar refractivity (Wildman–Crippen MR) is 103 cm³/mol.